The van der Waals surface area contributed by atoms with Gasteiger partial charge in [0.2, 0.25) is 0 Å². The summed E-state index contributed by atoms with van der Waals surface area (Å²) < 4.78 is 20.3. The van der Waals surface area contributed by atoms with Gasteiger partial charge in [0.15, 0.2) is 0 Å². The Bertz CT molecular complexity index is 1750. The second-order valence-electron chi connectivity index (χ2n) is 9.52. The van der Waals surface area contributed by atoms with Crippen molar-refractivity contribution < 1.29 is 9.13 Å². The Balaban J connectivity index is 1.51. The minimum atomic E-state index is -0.541. The summed E-state index contributed by atoms with van der Waals surface area (Å²) in [6.45, 7) is 2.13. The number of halogens is 1. The third-order valence-electron chi connectivity index (χ3n) is 7.35. The lowest BCUT2D eigenvalue weighted by Gasteiger charge is -2.29. The Kier molecular flexibility index (Phi) is 5.54. The number of ether oxygens (including phenoxy) is 1. The Morgan fingerprint density at radius 3 is 2.73 bits per heavy atom. The summed E-state index contributed by atoms with van der Waals surface area (Å²) in [4.78, 5) is 29.3. The number of pyridine rings is 1. The number of likely N-dealkylation sites (tertiary alicyclic amines) is 1. The molecule has 0 spiro atoms. The van der Waals surface area contributed by atoms with E-state index in [-0.39, 0.29) is 33.7 Å². The van der Waals surface area contributed by atoms with Crippen LogP contribution in [0.15, 0.2) is 47.4 Å². The van der Waals surface area contributed by atoms with Gasteiger partial charge >= 0.3 is 0 Å². The second kappa shape index (κ2) is 8.91. The molecular weight excluding hydrogens is 471 g/mol. The molecule has 37 heavy (non-hydrogen) atoms. The summed E-state index contributed by atoms with van der Waals surface area (Å²) in [5.41, 5.74) is 3.69. The number of hydrogen-bond donors (Lipinski definition) is 3. The van der Waals surface area contributed by atoms with Crippen molar-refractivity contribution in [3.05, 3.63) is 69.9 Å². The first-order valence-electron chi connectivity index (χ1n) is 12.2. The van der Waals surface area contributed by atoms with Gasteiger partial charge in [0.25, 0.3) is 5.56 Å². The fourth-order valence-corrected chi connectivity index (χ4v) is 5.37. The number of nitriles is 1. The number of methoxy groups -OCH3 is 1. The Morgan fingerprint density at radius 1 is 1.16 bits per heavy atom. The number of piperidine rings is 1. The second-order valence-corrected chi connectivity index (χ2v) is 9.52. The van der Waals surface area contributed by atoms with Crippen LogP contribution in [0.25, 0.3) is 44.6 Å². The molecule has 9 heteroatoms. The molecule has 8 nitrogen and oxygen atoms in total. The van der Waals surface area contributed by atoms with Crippen LogP contribution in [0.5, 0.6) is 5.75 Å². The van der Waals surface area contributed by atoms with Crippen LogP contribution < -0.4 is 10.3 Å². The van der Waals surface area contributed by atoms with Crippen LogP contribution in [-0.2, 0) is 0 Å². The van der Waals surface area contributed by atoms with E-state index in [0.29, 0.717) is 22.6 Å². The Labute approximate surface area is 211 Å². The maximum absolute atomic E-state index is 14.9. The van der Waals surface area contributed by atoms with Crippen molar-refractivity contribution in [3.8, 4) is 34.5 Å². The molecule has 4 heterocycles. The van der Waals surface area contributed by atoms with E-state index in [1.54, 1.807) is 6.07 Å². The van der Waals surface area contributed by atoms with Gasteiger partial charge in [0, 0.05) is 11.6 Å². The van der Waals surface area contributed by atoms with E-state index < -0.39 is 5.82 Å². The molecule has 1 fully saturated rings. The van der Waals surface area contributed by atoms with E-state index in [2.05, 4.69) is 45.1 Å². The molecule has 0 atom stereocenters. The van der Waals surface area contributed by atoms with Gasteiger partial charge in [0.05, 0.1) is 40.5 Å². The van der Waals surface area contributed by atoms with Crippen LogP contribution in [0.2, 0.25) is 0 Å². The third-order valence-corrected chi connectivity index (χ3v) is 7.35. The van der Waals surface area contributed by atoms with Gasteiger partial charge in [-0.1, -0.05) is 12.1 Å². The van der Waals surface area contributed by atoms with Gasteiger partial charge in [-0.15, -0.1) is 0 Å². The van der Waals surface area contributed by atoms with Gasteiger partial charge in [-0.3, -0.25) is 4.79 Å². The highest BCUT2D eigenvalue weighted by Gasteiger charge is 2.24. The lowest BCUT2D eigenvalue weighted by Crippen LogP contribution is -2.29. The molecule has 1 saturated heterocycles. The largest absolute Gasteiger partial charge is 0.496 e. The fraction of sp³-hybridized carbons (Fsp3) is 0.250. The molecule has 3 N–H and O–H groups in total. The van der Waals surface area contributed by atoms with Crippen molar-refractivity contribution in [2.24, 2.45) is 0 Å². The molecule has 5 aromatic rings. The van der Waals surface area contributed by atoms with Crippen LogP contribution in [0, 0.1) is 17.1 Å². The number of aromatic nitrogens is 4. The summed E-state index contributed by atoms with van der Waals surface area (Å²) in [5.74, 6) is 0.598. The summed E-state index contributed by atoms with van der Waals surface area (Å²) in [5, 5.41) is 10.4. The summed E-state index contributed by atoms with van der Waals surface area (Å²) in [7, 11) is 3.58. The standard InChI is InChI=1S/C28H25FN6O2/c1-35-10-8-15(9-11-35)16-6-7-20-21(12-16)33-27(32-20)24-26-18(14-31-28(24)36)17(13-30)25(34-26)23-19(29)4-3-5-22(23)37-2/h3-7,12,14-15,34H,8-11H2,1-2H3,(H,31,36)(H,32,33). The average Bonchev–Trinajstić information content (AvgIpc) is 3.49. The van der Waals surface area contributed by atoms with Crippen molar-refractivity contribution in [2.45, 2.75) is 18.8 Å². The van der Waals surface area contributed by atoms with E-state index in [1.165, 1.54) is 31.0 Å². The summed E-state index contributed by atoms with van der Waals surface area (Å²) in [6.07, 6.45) is 3.67. The van der Waals surface area contributed by atoms with Crippen molar-refractivity contribution >= 4 is 21.9 Å². The number of imidazole rings is 1. The van der Waals surface area contributed by atoms with E-state index in [0.717, 1.165) is 37.0 Å². The first kappa shape index (κ1) is 23.0. The maximum Gasteiger partial charge on any atom is 0.261 e. The average molecular weight is 497 g/mol. The number of nitrogens with one attached hydrogen (secondary N) is 3. The number of H-pyrrole nitrogens is 3. The monoisotopic (exact) mass is 496 g/mol. The zero-order valence-corrected chi connectivity index (χ0v) is 20.5. The lowest BCUT2D eigenvalue weighted by atomic mass is 9.89. The number of aromatic amines is 3. The molecule has 2 aromatic carbocycles. The fourth-order valence-electron chi connectivity index (χ4n) is 5.37. The Hall–Kier alpha value is -4.42. The lowest BCUT2D eigenvalue weighted by molar-refractivity contribution is 0.255. The van der Waals surface area contributed by atoms with E-state index in [1.807, 2.05) is 6.07 Å². The highest BCUT2D eigenvalue weighted by molar-refractivity contribution is 6.01. The van der Waals surface area contributed by atoms with Gasteiger partial charge in [0.1, 0.15) is 29.0 Å². The number of nitrogens with zero attached hydrogens (tertiary/aromatic N) is 3. The molecule has 1 aliphatic heterocycles. The van der Waals surface area contributed by atoms with Crippen molar-refractivity contribution in [1.29, 1.82) is 5.26 Å². The SMILES string of the molecule is COc1cccc(F)c1-c1[nH]c2c(-c3nc4ccc(C5CCN(C)CC5)cc4[nH]3)c(=O)[nH]cc2c1C#N. The minimum Gasteiger partial charge on any atom is -0.496 e. The molecule has 0 radical (unpaired) electrons. The normalized spacial score (nSPS) is 14.9. The highest BCUT2D eigenvalue weighted by atomic mass is 19.1. The molecule has 0 amide bonds. The highest BCUT2D eigenvalue weighted by Crippen LogP contribution is 2.39. The van der Waals surface area contributed by atoms with E-state index in [9.17, 15) is 14.4 Å². The van der Waals surface area contributed by atoms with E-state index >= 15 is 0 Å². The molecule has 3 aromatic heterocycles. The van der Waals surface area contributed by atoms with Crippen molar-refractivity contribution in [3.63, 3.8) is 0 Å². The van der Waals surface area contributed by atoms with Gasteiger partial charge < -0.3 is 24.6 Å². The number of benzene rings is 2. The summed E-state index contributed by atoms with van der Waals surface area (Å²) >= 11 is 0. The molecule has 186 valence electrons. The van der Waals surface area contributed by atoms with Crippen LogP contribution >= 0.6 is 0 Å². The first-order chi connectivity index (χ1) is 18.0. The molecule has 6 rings (SSSR count). The van der Waals surface area contributed by atoms with Gasteiger partial charge in [-0.05, 0) is 68.7 Å². The smallest absolute Gasteiger partial charge is 0.261 e. The molecule has 0 unspecified atom stereocenters. The van der Waals surface area contributed by atoms with Crippen molar-refractivity contribution in [1.82, 2.24) is 24.8 Å². The number of rotatable bonds is 4. The topological polar surface area (TPSA) is 114 Å². The van der Waals surface area contributed by atoms with Gasteiger partial charge in [-0.25, -0.2) is 9.37 Å². The van der Waals surface area contributed by atoms with Crippen LogP contribution in [0.3, 0.4) is 0 Å². The number of fused-ring (bicyclic) bond motifs is 2. The van der Waals surface area contributed by atoms with Crippen molar-refractivity contribution in [2.75, 3.05) is 27.2 Å². The molecule has 1 aliphatic rings. The zero-order chi connectivity index (χ0) is 25.7. The van der Waals surface area contributed by atoms with Gasteiger partial charge in [-0.2, -0.15) is 5.26 Å². The molecule has 0 saturated carbocycles. The van der Waals surface area contributed by atoms with Crippen LogP contribution in [0.4, 0.5) is 4.39 Å². The van der Waals surface area contributed by atoms with Crippen LogP contribution in [0.1, 0.15) is 29.9 Å². The first-order valence-corrected chi connectivity index (χ1v) is 12.2. The predicted octanol–water partition coefficient (Wildman–Crippen LogP) is 4.90. The quantitative estimate of drug-likeness (QED) is 0.328. The molecule has 0 bridgehead atoms. The van der Waals surface area contributed by atoms with Crippen LogP contribution in [-0.4, -0.2) is 52.1 Å². The molecular formula is C28H25FN6O2. The molecule has 0 aliphatic carbocycles. The Morgan fingerprint density at radius 2 is 1.97 bits per heavy atom. The summed E-state index contributed by atoms with van der Waals surface area (Å²) in [6, 6.07) is 12.8. The number of hydrogen-bond acceptors (Lipinski definition) is 5. The third kappa shape index (κ3) is 3.77. The van der Waals surface area contributed by atoms with E-state index in [4.69, 9.17) is 9.72 Å². The predicted molar refractivity (Wildman–Crippen MR) is 140 cm³/mol. The maximum atomic E-state index is 14.9. The zero-order valence-electron chi connectivity index (χ0n) is 20.5. The minimum absolute atomic E-state index is 0.128.